The van der Waals surface area contributed by atoms with Gasteiger partial charge in [0, 0.05) is 36.9 Å². The second-order valence-corrected chi connectivity index (χ2v) is 10.1. The summed E-state index contributed by atoms with van der Waals surface area (Å²) in [7, 11) is -3.56. The molecule has 2 aromatic rings. The van der Waals surface area contributed by atoms with Gasteiger partial charge in [-0.2, -0.15) is 4.31 Å². The highest BCUT2D eigenvalue weighted by Crippen LogP contribution is 2.26. The van der Waals surface area contributed by atoms with Crippen LogP contribution in [0.2, 0.25) is 5.02 Å². The average Bonchev–Trinajstić information content (AvgIpc) is 3.20. The van der Waals surface area contributed by atoms with E-state index >= 15 is 0 Å². The lowest BCUT2D eigenvalue weighted by Gasteiger charge is -2.26. The first-order chi connectivity index (χ1) is 15.4. The molecule has 0 aromatic heterocycles. The van der Waals surface area contributed by atoms with Crippen LogP contribution in [0.5, 0.6) is 0 Å². The summed E-state index contributed by atoms with van der Waals surface area (Å²) in [5.41, 5.74) is 1.46. The minimum atomic E-state index is -3.56. The predicted molar refractivity (Wildman–Crippen MR) is 120 cm³/mol. The molecule has 8 nitrogen and oxygen atoms in total. The number of amides is 2. The lowest BCUT2D eigenvalue weighted by Crippen LogP contribution is -2.40. The fraction of sp³-hybridized carbons (Fsp3) is 0.364. The molecule has 1 atom stereocenters. The Morgan fingerprint density at radius 2 is 1.69 bits per heavy atom. The van der Waals surface area contributed by atoms with Crippen LogP contribution < -0.4 is 10.2 Å². The number of nitrogens with one attached hydrogen (secondary N) is 1. The SMILES string of the molecule is O=C(NCc1ccc(S(=O)(=O)N2CCOCC2)cc1)C1CCN(c2ccc(Cl)cc2)C1=O. The number of sulfonamides is 1. The molecule has 10 heteroatoms. The van der Waals surface area contributed by atoms with E-state index in [-0.39, 0.29) is 23.3 Å². The molecule has 0 aliphatic carbocycles. The molecule has 0 spiro atoms. The summed E-state index contributed by atoms with van der Waals surface area (Å²) in [6.45, 7) is 2.12. The monoisotopic (exact) mass is 477 g/mol. The summed E-state index contributed by atoms with van der Waals surface area (Å²) < 4.78 is 32.0. The Bertz CT molecular complexity index is 1080. The molecule has 2 heterocycles. The van der Waals surface area contributed by atoms with Crippen molar-refractivity contribution in [2.24, 2.45) is 5.92 Å². The van der Waals surface area contributed by atoms with Gasteiger partial charge < -0.3 is 15.0 Å². The maximum Gasteiger partial charge on any atom is 0.243 e. The van der Waals surface area contributed by atoms with E-state index in [1.54, 1.807) is 41.3 Å². The second-order valence-electron chi connectivity index (χ2n) is 7.69. The molecule has 4 rings (SSSR count). The number of ether oxygens (including phenoxy) is 1. The Hall–Kier alpha value is -2.46. The fourth-order valence-corrected chi connectivity index (χ4v) is 5.36. The van der Waals surface area contributed by atoms with Crippen molar-refractivity contribution in [3.05, 3.63) is 59.1 Å². The van der Waals surface area contributed by atoms with E-state index in [4.69, 9.17) is 16.3 Å². The molecule has 32 heavy (non-hydrogen) atoms. The van der Waals surface area contributed by atoms with Crippen molar-refractivity contribution in [2.75, 3.05) is 37.7 Å². The molecule has 1 N–H and O–H groups in total. The Kier molecular flexibility index (Phi) is 6.80. The molecular weight excluding hydrogens is 454 g/mol. The van der Waals surface area contributed by atoms with Crippen molar-refractivity contribution < 1.29 is 22.7 Å². The topological polar surface area (TPSA) is 96.0 Å². The second kappa shape index (κ2) is 9.58. The highest BCUT2D eigenvalue weighted by atomic mass is 35.5. The molecular formula is C22H24ClN3O5S. The molecule has 2 saturated heterocycles. The van der Waals surface area contributed by atoms with Gasteiger partial charge in [-0.25, -0.2) is 8.42 Å². The summed E-state index contributed by atoms with van der Waals surface area (Å²) in [4.78, 5) is 27.1. The van der Waals surface area contributed by atoms with E-state index < -0.39 is 15.9 Å². The van der Waals surface area contributed by atoms with Crippen LogP contribution in [0.3, 0.4) is 0 Å². The van der Waals surface area contributed by atoms with Crippen molar-refractivity contribution in [1.82, 2.24) is 9.62 Å². The van der Waals surface area contributed by atoms with Crippen molar-refractivity contribution in [3.63, 3.8) is 0 Å². The van der Waals surface area contributed by atoms with Crippen LogP contribution in [0.15, 0.2) is 53.4 Å². The van der Waals surface area contributed by atoms with Crippen LogP contribution in [-0.2, 0) is 30.9 Å². The lowest BCUT2D eigenvalue weighted by atomic mass is 10.1. The lowest BCUT2D eigenvalue weighted by molar-refractivity contribution is -0.132. The smallest absolute Gasteiger partial charge is 0.243 e. The molecule has 2 aromatic carbocycles. The van der Waals surface area contributed by atoms with Gasteiger partial charge >= 0.3 is 0 Å². The van der Waals surface area contributed by atoms with Crippen molar-refractivity contribution >= 4 is 39.1 Å². The van der Waals surface area contributed by atoms with Gasteiger partial charge in [0.25, 0.3) is 0 Å². The molecule has 170 valence electrons. The molecule has 0 bridgehead atoms. The standard InChI is InChI=1S/C22H24ClN3O5S/c23-17-3-5-18(6-4-17)26-10-9-20(22(26)28)21(27)24-15-16-1-7-19(8-2-16)32(29,30)25-11-13-31-14-12-25/h1-8,20H,9-15H2,(H,24,27). The van der Waals surface area contributed by atoms with E-state index in [0.29, 0.717) is 50.0 Å². The van der Waals surface area contributed by atoms with Gasteiger partial charge in [-0.05, 0) is 48.4 Å². The first kappa shape index (κ1) is 22.7. The van der Waals surface area contributed by atoms with E-state index in [1.165, 1.54) is 16.4 Å². The summed E-state index contributed by atoms with van der Waals surface area (Å²) >= 11 is 5.90. The average molecular weight is 478 g/mol. The van der Waals surface area contributed by atoms with E-state index in [9.17, 15) is 18.0 Å². The van der Waals surface area contributed by atoms with Gasteiger partial charge in [0.2, 0.25) is 21.8 Å². The van der Waals surface area contributed by atoms with Crippen molar-refractivity contribution in [1.29, 1.82) is 0 Å². The van der Waals surface area contributed by atoms with Gasteiger partial charge in [-0.15, -0.1) is 0 Å². The van der Waals surface area contributed by atoms with Gasteiger partial charge in [0.1, 0.15) is 5.92 Å². The number of rotatable bonds is 6. The maximum absolute atomic E-state index is 12.7. The number of carbonyl (C=O) groups is 2. The fourth-order valence-electron chi connectivity index (χ4n) is 3.83. The molecule has 0 radical (unpaired) electrons. The number of morpholine rings is 1. The Labute approximate surface area is 192 Å². The first-order valence-electron chi connectivity index (χ1n) is 10.4. The van der Waals surface area contributed by atoms with Crippen molar-refractivity contribution in [2.45, 2.75) is 17.9 Å². The predicted octanol–water partition coefficient (Wildman–Crippen LogP) is 2.03. The van der Waals surface area contributed by atoms with E-state index in [1.807, 2.05) is 0 Å². The number of anilines is 1. The zero-order chi connectivity index (χ0) is 22.7. The molecule has 0 saturated carbocycles. The number of hydrogen-bond donors (Lipinski definition) is 1. The number of carbonyl (C=O) groups excluding carboxylic acids is 2. The van der Waals surface area contributed by atoms with Crippen LogP contribution in [0, 0.1) is 5.92 Å². The number of hydrogen-bond acceptors (Lipinski definition) is 5. The maximum atomic E-state index is 12.7. The minimum absolute atomic E-state index is 0.207. The molecule has 2 amide bonds. The highest BCUT2D eigenvalue weighted by Gasteiger charge is 2.37. The van der Waals surface area contributed by atoms with Gasteiger partial charge in [-0.1, -0.05) is 23.7 Å². The third-order valence-electron chi connectivity index (χ3n) is 5.66. The third kappa shape index (κ3) is 4.80. The van der Waals surface area contributed by atoms with Crippen LogP contribution in [0.1, 0.15) is 12.0 Å². The summed E-state index contributed by atoms with van der Waals surface area (Å²) in [6, 6.07) is 13.3. The summed E-state index contributed by atoms with van der Waals surface area (Å²) in [6.07, 6.45) is 0.435. The van der Waals surface area contributed by atoms with Crippen LogP contribution >= 0.6 is 11.6 Å². The van der Waals surface area contributed by atoms with E-state index in [0.717, 1.165) is 5.56 Å². The first-order valence-corrected chi connectivity index (χ1v) is 12.2. The van der Waals surface area contributed by atoms with Gasteiger partial charge in [-0.3, -0.25) is 9.59 Å². The number of halogens is 1. The Morgan fingerprint density at radius 1 is 1.03 bits per heavy atom. The van der Waals surface area contributed by atoms with Gasteiger partial charge in [0.05, 0.1) is 18.1 Å². The number of benzene rings is 2. The Morgan fingerprint density at radius 3 is 2.34 bits per heavy atom. The van der Waals surface area contributed by atoms with Crippen molar-refractivity contribution in [3.8, 4) is 0 Å². The van der Waals surface area contributed by atoms with Gasteiger partial charge in [0.15, 0.2) is 0 Å². The molecule has 2 aliphatic rings. The molecule has 1 unspecified atom stereocenters. The quantitative estimate of drug-likeness (QED) is 0.642. The van der Waals surface area contributed by atoms with Crippen LogP contribution in [0.4, 0.5) is 5.69 Å². The number of nitrogens with zero attached hydrogens (tertiary/aromatic N) is 2. The summed E-state index contributed by atoms with van der Waals surface area (Å²) in [5, 5.41) is 3.37. The molecule has 2 aliphatic heterocycles. The summed E-state index contributed by atoms with van der Waals surface area (Å²) in [5.74, 6) is -1.32. The van der Waals surface area contributed by atoms with E-state index in [2.05, 4.69) is 5.32 Å². The largest absolute Gasteiger partial charge is 0.379 e. The van der Waals surface area contributed by atoms with Crippen LogP contribution in [0.25, 0.3) is 0 Å². The van der Waals surface area contributed by atoms with Crippen LogP contribution in [-0.4, -0.2) is 57.4 Å². The minimum Gasteiger partial charge on any atom is -0.379 e. The zero-order valence-electron chi connectivity index (χ0n) is 17.4. The third-order valence-corrected chi connectivity index (χ3v) is 7.82. The Balaban J connectivity index is 1.34. The highest BCUT2D eigenvalue weighted by molar-refractivity contribution is 7.89. The normalized spacial score (nSPS) is 19.8. The molecule has 2 fully saturated rings. The zero-order valence-corrected chi connectivity index (χ0v) is 18.9.